The van der Waals surface area contributed by atoms with E-state index in [9.17, 15) is 0 Å². The van der Waals surface area contributed by atoms with Crippen molar-refractivity contribution in [2.75, 3.05) is 75.9 Å². The summed E-state index contributed by atoms with van der Waals surface area (Å²) in [5, 5.41) is 0. The van der Waals surface area contributed by atoms with Gasteiger partial charge in [-0.25, -0.2) is 0 Å². The van der Waals surface area contributed by atoms with Gasteiger partial charge in [0, 0.05) is 51.7 Å². The lowest BCUT2D eigenvalue weighted by Gasteiger charge is -2.34. The summed E-state index contributed by atoms with van der Waals surface area (Å²) in [5.41, 5.74) is 7.09. The number of hydrogen-bond donors (Lipinski definition) is 0. The first-order valence-corrected chi connectivity index (χ1v) is 28.8. The zero-order valence-electron chi connectivity index (χ0n) is 37.5. The molecule has 1 aliphatic rings. The third-order valence-electron chi connectivity index (χ3n) is 10.7. The molecule has 0 N–H and O–H groups in total. The fraction of sp³-hybridized carbons (Fsp3) is 0.510. The molecule has 0 spiro atoms. The first-order chi connectivity index (χ1) is 29.9. The number of rotatable bonds is 32. The summed E-state index contributed by atoms with van der Waals surface area (Å²) in [5.74, 6) is 5.98. The summed E-state index contributed by atoms with van der Waals surface area (Å²) in [6.07, 6.45) is 4.01. The molecule has 61 heavy (non-hydrogen) atoms. The first-order valence-electron chi connectivity index (χ1n) is 22.6. The van der Waals surface area contributed by atoms with Gasteiger partial charge in [0.25, 0.3) is 0 Å². The minimum atomic E-state index is -2.57. The number of fused-ring (bicyclic) bond motifs is 3. The van der Waals surface area contributed by atoms with Crippen LogP contribution < -0.4 is 9.47 Å². The van der Waals surface area contributed by atoms with Crippen LogP contribution in [-0.2, 0) is 32.0 Å². The molecule has 0 heterocycles. The molecule has 12 heteroatoms. The molecule has 0 saturated carbocycles. The van der Waals surface area contributed by atoms with Crippen molar-refractivity contribution in [2.24, 2.45) is 0 Å². The Hall–Kier alpha value is -2.63. The maximum atomic E-state index is 6.29. The SMILES string of the molecule is CCO[Si](CCCSCCCOc1ccc(C2(c3ccc(OCCCSCCC[Si](OCC)(OCC)OCC)cc3)c3ccccc3-c3ccccc32)cc1)(OCC)OCC. The maximum absolute atomic E-state index is 6.29. The van der Waals surface area contributed by atoms with Crippen LogP contribution in [0.5, 0.6) is 11.5 Å². The molecule has 4 aromatic rings. The Kier molecular flexibility index (Phi) is 21.2. The lowest BCUT2D eigenvalue weighted by Crippen LogP contribution is -2.46. The van der Waals surface area contributed by atoms with Crippen LogP contribution in [0.1, 0.15) is 89.5 Å². The second-order valence-electron chi connectivity index (χ2n) is 14.7. The Morgan fingerprint density at radius 2 is 0.738 bits per heavy atom. The molecule has 0 bridgehead atoms. The molecule has 5 rings (SSSR count). The Balaban J connectivity index is 1.17. The largest absolute Gasteiger partial charge is 0.500 e. The van der Waals surface area contributed by atoms with Gasteiger partial charge in [0.05, 0.1) is 18.6 Å². The van der Waals surface area contributed by atoms with Gasteiger partial charge in [-0.05, 0) is 148 Å². The van der Waals surface area contributed by atoms with E-state index >= 15 is 0 Å². The van der Waals surface area contributed by atoms with E-state index in [1.165, 1.54) is 33.4 Å². The molecule has 0 saturated heterocycles. The van der Waals surface area contributed by atoms with Crippen LogP contribution in [0.3, 0.4) is 0 Å². The fourth-order valence-corrected chi connectivity index (χ4v) is 15.8. The molecular formula is C49H70O8S2Si2. The van der Waals surface area contributed by atoms with E-state index in [-0.39, 0.29) is 0 Å². The molecule has 0 aliphatic heterocycles. The number of ether oxygens (including phenoxy) is 2. The minimum absolute atomic E-state index is 0.475. The summed E-state index contributed by atoms with van der Waals surface area (Å²) < 4.78 is 48.7. The second kappa shape index (κ2) is 26.2. The van der Waals surface area contributed by atoms with Crippen molar-refractivity contribution >= 4 is 41.1 Å². The fourth-order valence-electron chi connectivity index (χ4n) is 8.32. The molecule has 8 nitrogen and oxygen atoms in total. The van der Waals surface area contributed by atoms with Gasteiger partial charge in [-0.2, -0.15) is 23.5 Å². The Bertz CT molecular complexity index is 1660. The lowest BCUT2D eigenvalue weighted by molar-refractivity contribution is 0.0704. The van der Waals surface area contributed by atoms with Crippen molar-refractivity contribution in [3.05, 3.63) is 119 Å². The number of thioether (sulfide) groups is 2. The van der Waals surface area contributed by atoms with Crippen LogP contribution in [0.4, 0.5) is 0 Å². The summed E-state index contributed by atoms with van der Waals surface area (Å²) in [4.78, 5) is 0. The third-order valence-corrected chi connectivity index (χ3v) is 19.3. The van der Waals surface area contributed by atoms with E-state index in [1.807, 2.05) is 65.1 Å². The van der Waals surface area contributed by atoms with Crippen molar-refractivity contribution in [1.82, 2.24) is 0 Å². The van der Waals surface area contributed by atoms with Gasteiger partial charge in [0.15, 0.2) is 0 Å². The molecule has 1 aliphatic carbocycles. The van der Waals surface area contributed by atoms with Crippen LogP contribution in [0.15, 0.2) is 97.1 Å². The van der Waals surface area contributed by atoms with Crippen molar-refractivity contribution in [1.29, 1.82) is 0 Å². The molecule has 4 aromatic carbocycles. The summed E-state index contributed by atoms with van der Waals surface area (Å²) in [6, 6.07) is 37.0. The van der Waals surface area contributed by atoms with Gasteiger partial charge in [0.2, 0.25) is 0 Å². The van der Waals surface area contributed by atoms with Crippen molar-refractivity contribution in [3.8, 4) is 22.6 Å². The van der Waals surface area contributed by atoms with Crippen molar-refractivity contribution in [3.63, 3.8) is 0 Å². The highest BCUT2D eigenvalue weighted by molar-refractivity contribution is 7.99. The molecule has 0 radical (unpaired) electrons. The lowest BCUT2D eigenvalue weighted by atomic mass is 9.68. The van der Waals surface area contributed by atoms with Crippen molar-refractivity contribution in [2.45, 2.75) is 84.7 Å². The molecule has 0 amide bonds. The predicted octanol–water partition coefficient (Wildman–Crippen LogP) is 11.9. The average molecular weight is 907 g/mol. The number of benzene rings is 4. The molecule has 0 atom stereocenters. The van der Waals surface area contributed by atoms with Crippen LogP contribution in [0.2, 0.25) is 12.1 Å². The van der Waals surface area contributed by atoms with Crippen LogP contribution >= 0.6 is 23.5 Å². The molecule has 0 fully saturated rings. The molecule has 0 unspecified atom stereocenters. The monoisotopic (exact) mass is 906 g/mol. The topological polar surface area (TPSA) is 73.8 Å². The Morgan fingerprint density at radius 3 is 1.08 bits per heavy atom. The third kappa shape index (κ3) is 13.2. The van der Waals surface area contributed by atoms with E-state index in [0.717, 1.165) is 72.3 Å². The zero-order valence-corrected chi connectivity index (χ0v) is 41.2. The maximum Gasteiger partial charge on any atom is 0.500 e. The van der Waals surface area contributed by atoms with Gasteiger partial charge in [-0.3, -0.25) is 0 Å². The normalized spacial score (nSPS) is 13.3. The van der Waals surface area contributed by atoms with Crippen LogP contribution in [0, 0.1) is 0 Å². The van der Waals surface area contributed by atoms with Crippen LogP contribution in [-0.4, -0.2) is 93.5 Å². The smallest absolute Gasteiger partial charge is 0.494 e. The highest BCUT2D eigenvalue weighted by Crippen LogP contribution is 2.56. The van der Waals surface area contributed by atoms with Crippen LogP contribution in [0.25, 0.3) is 11.1 Å². The Morgan fingerprint density at radius 1 is 0.410 bits per heavy atom. The van der Waals surface area contributed by atoms with Gasteiger partial charge in [0.1, 0.15) is 11.5 Å². The van der Waals surface area contributed by atoms with E-state index < -0.39 is 23.0 Å². The summed E-state index contributed by atoms with van der Waals surface area (Å²) in [7, 11) is -5.14. The summed E-state index contributed by atoms with van der Waals surface area (Å²) >= 11 is 3.91. The Labute approximate surface area is 377 Å². The van der Waals surface area contributed by atoms with Gasteiger partial charge in [-0.1, -0.05) is 72.8 Å². The quantitative estimate of drug-likeness (QED) is 0.0308. The number of hydrogen-bond acceptors (Lipinski definition) is 10. The van der Waals surface area contributed by atoms with E-state index in [4.69, 9.17) is 36.0 Å². The van der Waals surface area contributed by atoms with Crippen molar-refractivity contribution < 1.29 is 36.0 Å². The first kappa shape index (κ1) is 49.4. The molecule has 334 valence electrons. The minimum Gasteiger partial charge on any atom is -0.494 e. The van der Waals surface area contributed by atoms with Gasteiger partial charge < -0.3 is 36.0 Å². The van der Waals surface area contributed by atoms with E-state index in [2.05, 4.69) is 97.1 Å². The highest BCUT2D eigenvalue weighted by atomic mass is 32.2. The van der Waals surface area contributed by atoms with E-state index in [1.54, 1.807) is 0 Å². The predicted molar refractivity (Wildman–Crippen MR) is 259 cm³/mol. The standard InChI is InChI=1S/C49H70O8S2Si2/c1-7-52-60(53-8-2,54-9-3)39-19-37-58-35-17-33-50-43-29-25-41(26-30-43)49(47-23-15-13-21-45(47)46-22-14-16-24-48(46)49)42-27-31-44(32-28-42)51-34-18-36-59-38-20-40-61(55-10-4,56-11-5)57-12-6/h13-16,21-32H,7-12,17-20,33-40H2,1-6H3. The highest BCUT2D eigenvalue weighted by Gasteiger charge is 2.46. The molecular weight excluding hydrogens is 837 g/mol. The average Bonchev–Trinajstić information content (AvgIpc) is 3.57. The second-order valence-corrected chi connectivity index (χ2v) is 22.6. The molecule has 0 aromatic heterocycles. The summed E-state index contributed by atoms with van der Waals surface area (Å²) in [6.45, 7) is 17.1. The van der Waals surface area contributed by atoms with Gasteiger partial charge in [-0.15, -0.1) is 0 Å². The van der Waals surface area contributed by atoms with E-state index in [0.29, 0.717) is 52.9 Å². The van der Waals surface area contributed by atoms with Gasteiger partial charge >= 0.3 is 17.6 Å². The zero-order chi connectivity index (χ0) is 43.2.